The molecule has 0 aliphatic rings. The molecule has 72 valence electrons. The van der Waals surface area contributed by atoms with Gasteiger partial charge in [0.05, 0.1) is 0 Å². The van der Waals surface area contributed by atoms with Gasteiger partial charge in [0.15, 0.2) is 0 Å². The van der Waals surface area contributed by atoms with E-state index in [1.54, 1.807) is 0 Å². The maximum absolute atomic E-state index is 10.2. The quantitative estimate of drug-likeness (QED) is 0.424. The van der Waals surface area contributed by atoms with Crippen LogP contribution in [-0.4, -0.2) is 31.1 Å². The molecule has 0 aliphatic carbocycles. The predicted octanol–water partition coefficient (Wildman–Crippen LogP) is 0.136. The van der Waals surface area contributed by atoms with Gasteiger partial charge in [0.2, 0.25) is 5.91 Å². The van der Waals surface area contributed by atoms with Crippen molar-refractivity contribution in [1.29, 1.82) is 0 Å². The summed E-state index contributed by atoms with van der Waals surface area (Å²) in [7, 11) is 0. The first-order valence-electron chi connectivity index (χ1n) is 3.89. The number of carbonyl (C=O) groups is 1. The summed E-state index contributed by atoms with van der Waals surface area (Å²) in [6, 6.07) is 0. The molecular formula is C7H16N2O2S. The number of primary amides is 1. The summed E-state index contributed by atoms with van der Waals surface area (Å²) in [6.07, 6.45) is 4.30. The molecule has 4 nitrogen and oxygen atoms in total. The molecule has 0 radical (unpaired) electrons. The maximum Gasteiger partial charge on any atom is 0.245 e. The maximum atomic E-state index is 10.2. The molecule has 0 aromatic heterocycles. The lowest BCUT2D eigenvalue weighted by molar-refractivity contribution is -0.125. The average Bonchev–Trinajstić information content (AvgIpc) is 2.02. The predicted molar refractivity (Wildman–Crippen MR) is 50.8 cm³/mol. The van der Waals surface area contributed by atoms with E-state index in [1.807, 2.05) is 11.8 Å². The number of hydrogen-bond acceptors (Lipinski definition) is 4. The largest absolute Gasteiger partial charge is 0.368 e. The highest BCUT2D eigenvalue weighted by Gasteiger charge is 1.92. The second-order valence-electron chi connectivity index (χ2n) is 2.35. The van der Waals surface area contributed by atoms with Crippen LogP contribution in [0.4, 0.5) is 0 Å². The van der Waals surface area contributed by atoms with Crippen LogP contribution in [0.1, 0.15) is 12.8 Å². The van der Waals surface area contributed by atoms with Crippen molar-refractivity contribution < 1.29 is 9.63 Å². The lowest BCUT2D eigenvalue weighted by Gasteiger charge is -2.02. The Morgan fingerprint density at radius 3 is 2.92 bits per heavy atom. The van der Waals surface area contributed by atoms with Crippen LogP contribution in [0.15, 0.2) is 0 Å². The first-order valence-corrected chi connectivity index (χ1v) is 5.28. The average molecular weight is 192 g/mol. The molecule has 12 heavy (non-hydrogen) atoms. The Labute approximate surface area is 77.2 Å². The van der Waals surface area contributed by atoms with E-state index in [0.29, 0.717) is 0 Å². The van der Waals surface area contributed by atoms with Crippen molar-refractivity contribution in [2.75, 3.05) is 25.2 Å². The van der Waals surface area contributed by atoms with Crippen LogP contribution < -0.4 is 11.2 Å². The summed E-state index contributed by atoms with van der Waals surface area (Å²) >= 11 is 1.83. The van der Waals surface area contributed by atoms with Gasteiger partial charge in [0.1, 0.15) is 6.61 Å². The highest BCUT2D eigenvalue weighted by molar-refractivity contribution is 7.98. The Morgan fingerprint density at radius 2 is 2.33 bits per heavy atom. The molecule has 0 heterocycles. The van der Waals surface area contributed by atoms with E-state index < -0.39 is 5.91 Å². The fourth-order valence-corrected chi connectivity index (χ4v) is 1.13. The number of carbonyl (C=O) groups excluding carboxylic acids is 1. The zero-order valence-corrected chi connectivity index (χ0v) is 8.15. The lowest BCUT2D eigenvalue weighted by atomic mass is 10.3. The van der Waals surface area contributed by atoms with Gasteiger partial charge in [-0.25, -0.2) is 5.48 Å². The van der Waals surface area contributed by atoms with Gasteiger partial charge in [-0.3, -0.25) is 9.63 Å². The second-order valence-corrected chi connectivity index (χ2v) is 3.33. The van der Waals surface area contributed by atoms with Gasteiger partial charge in [-0.1, -0.05) is 0 Å². The van der Waals surface area contributed by atoms with Crippen LogP contribution in [-0.2, 0) is 9.63 Å². The molecule has 0 unspecified atom stereocenters. The van der Waals surface area contributed by atoms with Crippen molar-refractivity contribution in [1.82, 2.24) is 5.48 Å². The highest BCUT2D eigenvalue weighted by atomic mass is 32.2. The molecule has 0 saturated heterocycles. The van der Waals surface area contributed by atoms with Crippen LogP contribution >= 0.6 is 11.8 Å². The van der Waals surface area contributed by atoms with Crippen LogP contribution in [0.5, 0.6) is 0 Å². The van der Waals surface area contributed by atoms with Gasteiger partial charge in [0, 0.05) is 6.54 Å². The van der Waals surface area contributed by atoms with Crippen molar-refractivity contribution in [3.05, 3.63) is 0 Å². The van der Waals surface area contributed by atoms with E-state index in [1.165, 1.54) is 0 Å². The Balaban J connectivity index is 2.86. The summed E-state index contributed by atoms with van der Waals surface area (Å²) in [5.41, 5.74) is 7.51. The van der Waals surface area contributed by atoms with Gasteiger partial charge in [-0.2, -0.15) is 11.8 Å². The molecule has 0 aromatic rings. The van der Waals surface area contributed by atoms with Crippen molar-refractivity contribution in [3.63, 3.8) is 0 Å². The van der Waals surface area contributed by atoms with E-state index in [4.69, 9.17) is 10.6 Å². The van der Waals surface area contributed by atoms with E-state index in [0.717, 1.165) is 25.1 Å². The number of nitrogens with two attached hydrogens (primary N) is 1. The molecule has 0 saturated carbocycles. The fourth-order valence-electron chi connectivity index (χ4n) is 0.638. The molecule has 3 N–H and O–H groups in total. The summed E-state index contributed by atoms with van der Waals surface area (Å²) < 4.78 is 0. The van der Waals surface area contributed by atoms with Crippen molar-refractivity contribution in [3.8, 4) is 0 Å². The van der Waals surface area contributed by atoms with Crippen molar-refractivity contribution in [2.45, 2.75) is 12.8 Å². The normalized spacial score (nSPS) is 10.1. The topological polar surface area (TPSA) is 64.3 Å². The first kappa shape index (κ1) is 11.7. The molecule has 0 atom stereocenters. The summed E-state index contributed by atoms with van der Waals surface area (Å²) in [5.74, 6) is 0.712. The molecule has 5 heteroatoms. The third kappa shape index (κ3) is 9.74. The van der Waals surface area contributed by atoms with E-state index in [9.17, 15) is 4.79 Å². The van der Waals surface area contributed by atoms with Crippen LogP contribution in [0.3, 0.4) is 0 Å². The number of hydroxylamine groups is 1. The summed E-state index contributed by atoms with van der Waals surface area (Å²) in [6.45, 7) is 0.719. The second kappa shape index (κ2) is 8.83. The Bertz CT molecular complexity index is 122. The van der Waals surface area contributed by atoms with Crippen molar-refractivity contribution in [2.24, 2.45) is 5.73 Å². The Hall–Kier alpha value is -0.260. The van der Waals surface area contributed by atoms with Crippen LogP contribution in [0.2, 0.25) is 0 Å². The minimum Gasteiger partial charge on any atom is -0.368 e. The van der Waals surface area contributed by atoms with Crippen molar-refractivity contribution >= 4 is 17.7 Å². The minimum absolute atomic E-state index is 0.0530. The van der Waals surface area contributed by atoms with Crippen LogP contribution in [0, 0.1) is 0 Å². The molecule has 0 rings (SSSR count). The fraction of sp³-hybridized carbons (Fsp3) is 0.857. The molecule has 0 aliphatic heterocycles. The zero-order valence-electron chi connectivity index (χ0n) is 7.34. The smallest absolute Gasteiger partial charge is 0.245 e. The van der Waals surface area contributed by atoms with Crippen LogP contribution in [0.25, 0.3) is 0 Å². The van der Waals surface area contributed by atoms with Gasteiger partial charge >= 0.3 is 0 Å². The third-order valence-electron chi connectivity index (χ3n) is 1.19. The van der Waals surface area contributed by atoms with E-state index in [2.05, 4.69) is 11.7 Å². The van der Waals surface area contributed by atoms with Gasteiger partial charge in [-0.05, 0) is 24.9 Å². The number of thioether (sulfide) groups is 1. The highest BCUT2D eigenvalue weighted by Crippen LogP contribution is 1.97. The molecular weight excluding hydrogens is 176 g/mol. The standard InChI is InChI=1S/C7H16N2O2S/c1-12-5-3-2-4-9-11-6-7(8)10/h9H,2-6H2,1H3,(H2,8,10). The third-order valence-corrected chi connectivity index (χ3v) is 1.89. The lowest BCUT2D eigenvalue weighted by Crippen LogP contribution is -2.25. The molecule has 0 fully saturated rings. The number of nitrogens with one attached hydrogen (secondary N) is 1. The molecule has 0 spiro atoms. The summed E-state index contributed by atoms with van der Waals surface area (Å²) in [4.78, 5) is 14.9. The number of unbranched alkanes of at least 4 members (excludes halogenated alkanes) is 1. The minimum atomic E-state index is -0.452. The SMILES string of the molecule is CSCCCCNOCC(N)=O. The Kier molecular flexibility index (Phi) is 8.64. The van der Waals surface area contributed by atoms with E-state index >= 15 is 0 Å². The van der Waals surface area contributed by atoms with Gasteiger partial charge in [0.25, 0.3) is 0 Å². The van der Waals surface area contributed by atoms with Gasteiger partial charge in [-0.15, -0.1) is 0 Å². The number of hydrogen-bond donors (Lipinski definition) is 2. The summed E-state index contributed by atoms with van der Waals surface area (Å²) in [5, 5.41) is 0. The Morgan fingerprint density at radius 1 is 1.58 bits per heavy atom. The monoisotopic (exact) mass is 192 g/mol. The van der Waals surface area contributed by atoms with E-state index in [-0.39, 0.29) is 6.61 Å². The number of amides is 1. The number of rotatable bonds is 8. The molecule has 0 bridgehead atoms. The van der Waals surface area contributed by atoms with Gasteiger partial charge < -0.3 is 5.73 Å². The molecule has 0 aromatic carbocycles. The molecule has 1 amide bonds. The zero-order chi connectivity index (χ0) is 9.23. The first-order chi connectivity index (χ1) is 5.77.